The van der Waals surface area contributed by atoms with Crippen LogP contribution in [0, 0.1) is 13.8 Å². The summed E-state index contributed by atoms with van der Waals surface area (Å²) in [5.74, 6) is -16.0. The van der Waals surface area contributed by atoms with Gasteiger partial charge in [-0.15, -0.1) is 0 Å². The number of hydrogen-bond donors (Lipinski definition) is 1. The molecule has 36 heavy (non-hydrogen) atoms. The summed E-state index contributed by atoms with van der Waals surface area (Å²) in [6.45, 7) is 2.72. The van der Waals surface area contributed by atoms with E-state index < -0.39 is 44.7 Å². The SMILES string of the molecule is Cc1cccc(C=O)c1O.Cc1cccc(C=O)c1OS(=O)(=O)C(F)(F)C(F)(F)C(F)(F)C(F)(F)F. The first-order valence-corrected chi connectivity index (χ1v) is 10.5. The molecule has 0 bridgehead atoms. The van der Waals surface area contributed by atoms with Gasteiger partial charge in [-0.3, -0.25) is 9.59 Å². The van der Waals surface area contributed by atoms with Crippen molar-refractivity contribution in [3.8, 4) is 11.5 Å². The second-order valence-corrected chi connectivity index (χ2v) is 8.53. The average molecular weight is 554 g/mol. The number of alkyl halides is 9. The van der Waals surface area contributed by atoms with Gasteiger partial charge in [0.05, 0.1) is 11.1 Å². The van der Waals surface area contributed by atoms with E-state index in [9.17, 15) is 57.5 Å². The second kappa shape index (κ2) is 10.4. The highest BCUT2D eigenvalue weighted by molar-refractivity contribution is 7.88. The summed E-state index contributed by atoms with van der Waals surface area (Å²) in [7, 11) is -7.09. The molecule has 0 radical (unpaired) electrons. The fourth-order valence-electron chi connectivity index (χ4n) is 2.34. The zero-order valence-corrected chi connectivity index (χ0v) is 18.7. The smallest absolute Gasteiger partial charge is 0.460 e. The van der Waals surface area contributed by atoms with Crippen molar-refractivity contribution in [3.05, 3.63) is 58.7 Å². The van der Waals surface area contributed by atoms with Gasteiger partial charge in [-0.25, -0.2) is 0 Å². The molecule has 0 aromatic heterocycles. The number of rotatable bonds is 7. The number of hydrogen-bond acceptors (Lipinski definition) is 6. The quantitative estimate of drug-likeness (QED) is 0.278. The van der Waals surface area contributed by atoms with E-state index in [2.05, 4.69) is 4.18 Å². The monoisotopic (exact) mass is 554 g/mol. The summed E-state index contributed by atoms with van der Waals surface area (Å²) in [5, 5.41) is 2.17. The molecule has 0 fully saturated rings. The molecule has 2 aromatic rings. The number of carbonyl (C=O) groups excluding carboxylic acids is 2. The maximum atomic E-state index is 13.5. The fraction of sp³-hybridized carbons (Fsp3) is 0.300. The summed E-state index contributed by atoms with van der Waals surface area (Å²) in [6, 6.07) is 7.93. The summed E-state index contributed by atoms with van der Waals surface area (Å²) >= 11 is 0. The molecule has 0 atom stereocenters. The molecule has 0 aliphatic rings. The molecule has 0 spiro atoms. The molecular weight excluding hydrogens is 539 g/mol. The van der Waals surface area contributed by atoms with Crippen molar-refractivity contribution in [2.24, 2.45) is 0 Å². The van der Waals surface area contributed by atoms with Crippen LogP contribution in [0.3, 0.4) is 0 Å². The van der Waals surface area contributed by atoms with Crippen LogP contribution < -0.4 is 4.18 Å². The van der Waals surface area contributed by atoms with Crippen molar-refractivity contribution in [1.82, 2.24) is 0 Å². The van der Waals surface area contributed by atoms with Gasteiger partial charge in [0.15, 0.2) is 18.3 Å². The lowest BCUT2D eigenvalue weighted by Crippen LogP contribution is -2.63. The molecule has 2 rings (SSSR count). The Kier molecular flexibility index (Phi) is 8.84. The summed E-state index contributed by atoms with van der Waals surface area (Å²) in [5.41, 5.74) is -0.0558. The van der Waals surface area contributed by atoms with Crippen LogP contribution in [0.25, 0.3) is 0 Å². The maximum absolute atomic E-state index is 13.5. The predicted octanol–water partition coefficient (Wildman–Crippen LogP) is 5.45. The molecule has 0 heterocycles. The Hall–Kier alpha value is -3.30. The largest absolute Gasteiger partial charge is 0.507 e. The third-order valence-corrected chi connectivity index (χ3v) is 5.66. The van der Waals surface area contributed by atoms with E-state index in [-0.39, 0.29) is 17.6 Å². The minimum atomic E-state index is -7.42. The summed E-state index contributed by atoms with van der Waals surface area (Å²) < 4.78 is 141. The number of aryl methyl sites for hydroxylation is 2. The number of halogens is 9. The number of aldehydes is 2. The lowest BCUT2D eigenvalue weighted by atomic mass is 10.1. The van der Waals surface area contributed by atoms with Gasteiger partial charge in [-0.1, -0.05) is 24.3 Å². The minimum absolute atomic E-state index is 0.0810. The van der Waals surface area contributed by atoms with Crippen molar-refractivity contribution in [3.63, 3.8) is 0 Å². The van der Waals surface area contributed by atoms with Crippen molar-refractivity contribution in [2.45, 2.75) is 37.1 Å². The molecule has 16 heteroatoms. The molecule has 0 saturated heterocycles. The fourth-order valence-corrected chi connectivity index (χ4v) is 3.33. The van der Waals surface area contributed by atoms with Crippen LogP contribution in [0.4, 0.5) is 39.5 Å². The number of para-hydroxylation sites is 2. The van der Waals surface area contributed by atoms with E-state index in [1.807, 2.05) is 0 Å². The van der Waals surface area contributed by atoms with Crippen LogP contribution >= 0.6 is 0 Å². The average Bonchev–Trinajstić information content (AvgIpc) is 2.76. The van der Waals surface area contributed by atoms with E-state index in [0.29, 0.717) is 11.8 Å². The summed E-state index contributed by atoms with van der Waals surface area (Å²) in [6.07, 6.45) is -6.69. The third kappa shape index (κ3) is 5.57. The predicted molar refractivity (Wildman–Crippen MR) is 105 cm³/mol. The Balaban J connectivity index is 0.000000537. The van der Waals surface area contributed by atoms with Gasteiger partial charge in [-0.2, -0.15) is 47.9 Å². The molecule has 0 aliphatic carbocycles. The Morgan fingerprint density at radius 3 is 1.61 bits per heavy atom. The molecule has 0 unspecified atom stereocenters. The topological polar surface area (TPSA) is 97.7 Å². The number of phenolic OH excluding ortho intramolecular Hbond substituents is 1. The molecular formula is C20H15F9O6S. The highest BCUT2D eigenvalue weighted by atomic mass is 32.2. The van der Waals surface area contributed by atoms with E-state index in [1.165, 1.54) is 0 Å². The van der Waals surface area contributed by atoms with Crippen LogP contribution in [-0.2, 0) is 10.1 Å². The molecule has 0 aliphatic heterocycles. The van der Waals surface area contributed by atoms with Crippen molar-refractivity contribution < 1.29 is 66.8 Å². The Labute approximate surface area is 197 Å². The molecule has 0 amide bonds. The first-order chi connectivity index (χ1) is 16.2. The van der Waals surface area contributed by atoms with Gasteiger partial charge in [0.2, 0.25) is 0 Å². The first-order valence-electron chi connectivity index (χ1n) is 9.12. The van der Waals surface area contributed by atoms with E-state index >= 15 is 0 Å². The number of phenols is 1. The third-order valence-electron chi connectivity index (χ3n) is 4.39. The number of carbonyl (C=O) groups is 2. The van der Waals surface area contributed by atoms with Gasteiger partial charge >= 0.3 is 33.4 Å². The zero-order valence-electron chi connectivity index (χ0n) is 17.9. The van der Waals surface area contributed by atoms with E-state index in [0.717, 1.165) is 30.7 Å². The number of benzene rings is 2. The van der Waals surface area contributed by atoms with Crippen molar-refractivity contribution in [2.75, 3.05) is 0 Å². The minimum Gasteiger partial charge on any atom is -0.507 e. The van der Waals surface area contributed by atoms with Gasteiger partial charge < -0.3 is 9.29 Å². The van der Waals surface area contributed by atoms with Crippen LogP contribution in [0.1, 0.15) is 31.8 Å². The lowest BCUT2D eigenvalue weighted by Gasteiger charge is -2.32. The van der Waals surface area contributed by atoms with Crippen LogP contribution in [0.5, 0.6) is 11.5 Å². The molecule has 0 saturated carbocycles. The maximum Gasteiger partial charge on any atom is 0.460 e. The molecule has 1 N–H and O–H groups in total. The first kappa shape index (κ1) is 30.7. The van der Waals surface area contributed by atoms with Crippen LogP contribution in [0.15, 0.2) is 36.4 Å². The Morgan fingerprint density at radius 2 is 1.19 bits per heavy atom. The highest BCUT2D eigenvalue weighted by Crippen LogP contribution is 2.55. The second-order valence-electron chi connectivity index (χ2n) is 6.94. The Morgan fingerprint density at radius 1 is 0.750 bits per heavy atom. The highest BCUT2D eigenvalue weighted by Gasteiger charge is 2.86. The summed E-state index contributed by atoms with van der Waals surface area (Å²) in [4.78, 5) is 20.9. The van der Waals surface area contributed by atoms with Crippen LogP contribution in [-0.4, -0.2) is 49.4 Å². The Bertz CT molecular complexity index is 1220. The molecule has 2 aromatic carbocycles. The normalized spacial score (nSPS) is 12.9. The van der Waals surface area contributed by atoms with Crippen molar-refractivity contribution in [1.29, 1.82) is 0 Å². The van der Waals surface area contributed by atoms with E-state index in [4.69, 9.17) is 5.11 Å². The standard InChI is InChI=1S/C12H7F9O4S.C8H8O2/c1-6-3-2-4-7(5-22)8(6)25-26(23,24)12(20,21)10(15,16)9(13,14)11(17,18)19;1-6-3-2-4-7(5-9)8(6)10/h2-5H,1H3;2-5,10H,1H3. The zero-order chi connectivity index (χ0) is 28.3. The van der Waals surface area contributed by atoms with Gasteiger partial charge in [0, 0.05) is 0 Å². The van der Waals surface area contributed by atoms with Gasteiger partial charge in [0.1, 0.15) is 5.75 Å². The van der Waals surface area contributed by atoms with Gasteiger partial charge in [0.25, 0.3) is 0 Å². The van der Waals surface area contributed by atoms with Gasteiger partial charge in [-0.05, 0) is 37.1 Å². The molecule has 6 nitrogen and oxygen atoms in total. The number of aromatic hydroxyl groups is 1. The van der Waals surface area contributed by atoms with E-state index in [1.54, 1.807) is 25.1 Å². The molecule has 200 valence electrons. The van der Waals surface area contributed by atoms with Crippen molar-refractivity contribution >= 4 is 22.7 Å². The van der Waals surface area contributed by atoms with Crippen LogP contribution in [0.2, 0.25) is 0 Å². The lowest BCUT2D eigenvalue weighted by molar-refractivity contribution is -0.382.